The van der Waals surface area contributed by atoms with Gasteiger partial charge in [-0.25, -0.2) is 0 Å². The Labute approximate surface area is 186 Å². The number of hydrogen-bond donors (Lipinski definition) is 1. The molecule has 1 aromatic heterocycles. The summed E-state index contributed by atoms with van der Waals surface area (Å²) < 4.78 is 15.1. The molecule has 0 amide bonds. The Kier molecular flexibility index (Phi) is 4.52. The zero-order valence-corrected chi connectivity index (χ0v) is 17.8. The van der Waals surface area contributed by atoms with Crippen LogP contribution in [0.5, 0.6) is 5.75 Å². The minimum atomic E-state index is -0.724. The van der Waals surface area contributed by atoms with Gasteiger partial charge in [-0.3, -0.25) is 4.79 Å². The van der Waals surface area contributed by atoms with Gasteiger partial charge in [-0.05, 0) is 37.1 Å². The largest absolute Gasteiger partial charge is 0.484 e. The lowest BCUT2D eigenvalue weighted by Gasteiger charge is -2.35. The van der Waals surface area contributed by atoms with Crippen LogP contribution in [-0.2, 0) is 11.3 Å². The number of para-hydroxylation sites is 2. The highest BCUT2D eigenvalue weighted by atomic mass is 16.5. The lowest BCUT2D eigenvalue weighted by atomic mass is 9.87. The number of unbranched alkanes of at least 4 members (excludes halogenated alkanes) is 2. The van der Waals surface area contributed by atoms with Crippen molar-refractivity contribution < 1.29 is 23.6 Å². The Morgan fingerprint density at radius 2 is 2.03 bits per heavy atom. The predicted molar refractivity (Wildman–Crippen MR) is 121 cm³/mol. The topological polar surface area (TPSA) is 66.8 Å². The molecule has 4 heterocycles. The number of allylic oxidation sites excluding steroid dienone is 2. The smallest absolute Gasteiger partial charge is 0.381 e. The van der Waals surface area contributed by atoms with E-state index in [1.807, 2.05) is 12.1 Å². The molecule has 1 unspecified atom stereocenters. The maximum absolute atomic E-state index is 10.8. The molecule has 32 heavy (non-hydrogen) atoms. The van der Waals surface area contributed by atoms with Crippen molar-refractivity contribution in [3.05, 3.63) is 66.2 Å². The number of fused-ring (bicyclic) bond motifs is 5. The summed E-state index contributed by atoms with van der Waals surface area (Å²) in [4.78, 5) is 13.0. The number of ether oxygens (including phenoxy) is 1. The van der Waals surface area contributed by atoms with Crippen molar-refractivity contribution in [2.75, 3.05) is 11.4 Å². The Hall–Kier alpha value is -3.54. The van der Waals surface area contributed by atoms with Crippen molar-refractivity contribution in [2.24, 2.45) is 0 Å². The molecule has 2 aromatic carbocycles. The minimum Gasteiger partial charge on any atom is -0.484 e. The van der Waals surface area contributed by atoms with Crippen molar-refractivity contribution >= 4 is 33.9 Å². The van der Waals surface area contributed by atoms with Gasteiger partial charge in [-0.15, -0.1) is 0 Å². The quantitative estimate of drug-likeness (QED) is 0.451. The molecule has 6 nitrogen and oxygen atoms in total. The SMILES string of the molecule is O=C(O)CCCCCN1C=CC2=C3c4oc5ccccc5[n+]4CCC3Oc3cccc1c32. The van der Waals surface area contributed by atoms with E-state index < -0.39 is 5.97 Å². The molecule has 3 aliphatic heterocycles. The van der Waals surface area contributed by atoms with Gasteiger partial charge in [0.25, 0.3) is 5.52 Å². The molecule has 3 aliphatic rings. The van der Waals surface area contributed by atoms with Crippen LogP contribution in [0.4, 0.5) is 5.69 Å². The second-order valence-electron chi connectivity index (χ2n) is 8.61. The number of aromatic nitrogens is 1. The summed E-state index contributed by atoms with van der Waals surface area (Å²) in [6.07, 6.45) is 8.03. The average molecular weight is 429 g/mol. The number of carbonyl (C=O) groups is 1. The first kappa shape index (κ1) is 19.2. The van der Waals surface area contributed by atoms with E-state index in [1.54, 1.807) is 0 Å². The van der Waals surface area contributed by atoms with E-state index in [1.165, 1.54) is 5.57 Å². The highest BCUT2D eigenvalue weighted by molar-refractivity contribution is 6.03. The molecule has 0 saturated carbocycles. The van der Waals surface area contributed by atoms with Crippen LogP contribution in [0.25, 0.3) is 22.2 Å². The molecule has 0 aliphatic carbocycles. The number of nitrogens with zero attached hydrogens (tertiary/aromatic N) is 2. The Bertz CT molecular complexity index is 1290. The molecule has 0 radical (unpaired) electrons. The zero-order valence-electron chi connectivity index (χ0n) is 17.8. The number of rotatable bonds is 6. The van der Waals surface area contributed by atoms with E-state index in [-0.39, 0.29) is 12.5 Å². The third kappa shape index (κ3) is 3.01. The van der Waals surface area contributed by atoms with E-state index in [2.05, 4.69) is 52.1 Å². The highest BCUT2D eigenvalue weighted by Gasteiger charge is 2.43. The fourth-order valence-corrected chi connectivity index (χ4v) is 5.16. The molecule has 6 heteroatoms. The number of hydrogen-bond acceptors (Lipinski definition) is 4. The standard InChI is InChI=1S/C26H24N2O4/c29-23(30)11-2-1-5-14-27-15-12-17-24-19(27)8-6-10-21(24)31-22-13-16-28-18-7-3-4-9-20(18)32-26(28)25(17)22/h3-4,6-10,12,15,22H,1-2,5,11,13-14,16H2/p+1. The summed E-state index contributed by atoms with van der Waals surface area (Å²) in [5.41, 5.74) is 6.60. The zero-order chi connectivity index (χ0) is 21.7. The number of aryl methyl sites for hydroxylation is 1. The molecule has 0 saturated heterocycles. The van der Waals surface area contributed by atoms with Gasteiger partial charge in [0.2, 0.25) is 5.58 Å². The molecule has 3 aromatic rings. The summed E-state index contributed by atoms with van der Waals surface area (Å²) in [5, 5.41) is 8.85. The summed E-state index contributed by atoms with van der Waals surface area (Å²) in [6.45, 7) is 1.72. The normalized spacial score (nSPS) is 18.2. The van der Waals surface area contributed by atoms with E-state index in [0.717, 1.165) is 71.9 Å². The third-order valence-electron chi connectivity index (χ3n) is 6.63. The van der Waals surface area contributed by atoms with Crippen LogP contribution >= 0.6 is 0 Å². The van der Waals surface area contributed by atoms with Crippen LogP contribution in [-0.4, -0.2) is 23.7 Å². The van der Waals surface area contributed by atoms with E-state index in [9.17, 15) is 4.79 Å². The maximum atomic E-state index is 10.8. The lowest BCUT2D eigenvalue weighted by Crippen LogP contribution is -2.46. The van der Waals surface area contributed by atoms with Crippen LogP contribution in [0.15, 0.2) is 59.2 Å². The molecule has 1 N–H and O–H groups in total. The molecule has 1 atom stereocenters. The molecule has 0 spiro atoms. The summed E-state index contributed by atoms with van der Waals surface area (Å²) in [7, 11) is 0. The monoisotopic (exact) mass is 429 g/mol. The predicted octanol–water partition coefficient (Wildman–Crippen LogP) is 4.77. The van der Waals surface area contributed by atoms with Crippen LogP contribution < -0.4 is 14.2 Å². The van der Waals surface area contributed by atoms with Crippen molar-refractivity contribution in [3.63, 3.8) is 0 Å². The van der Waals surface area contributed by atoms with Crippen LogP contribution in [0.2, 0.25) is 0 Å². The van der Waals surface area contributed by atoms with Crippen molar-refractivity contribution in [1.82, 2.24) is 0 Å². The van der Waals surface area contributed by atoms with Gasteiger partial charge < -0.3 is 19.2 Å². The van der Waals surface area contributed by atoms with Crippen molar-refractivity contribution in [3.8, 4) is 5.75 Å². The Morgan fingerprint density at radius 3 is 2.94 bits per heavy atom. The molecule has 0 bridgehead atoms. The Balaban J connectivity index is 1.38. The number of anilines is 1. The van der Waals surface area contributed by atoms with Gasteiger partial charge in [0.15, 0.2) is 6.54 Å². The molecule has 0 fully saturated rings. The van der Waals surface area contributed by atoms with Gasteiger partial charge in [0, 0.05) is 42.8 Å². The van der Waals surface area contributed by atoms with Crippen molar-refractivity contribution in [2.45, 2.75) is 44.8 Å². The minimum absolute atomic E-state index is 0.0134. The summed E-state index contributed by atoms with van der Waals surface area (Å²) in [5.74, 6) is 1.10. The van der Waals surface area contributed by atoms with Gasteiger partial charge in [-0.2, -0.15) is 4.57 Å². The molecule has 6 rings (SSSR count). The second-order valence-corrected chi connectivity index (χ2v) is 8.61. The number of oxazole rings is 1. The van der Waals surface area contributed by atoms with E-state index in [0.29, 0.717) is 6.42 Å². The van der Waals surface area contributed by atoms with Gasteiger partial charge in [0.05, 0.1) is 5.69 Å². The first-order valence-corrected chi connectivity index (χ1v) is 11.3. The first-order chi connectivity index (χ1) is 15.7. The van der Waals surface area contributed by atoms with Crippen LogP contribution in [0.1, 0.15) is 43.6 Å². The van der Waals surface area contributed by atoms with Crippen molar-refractivity contribution in [1.29, 1.82) is 0 Å². The average Bonchev–Trinajstić information content (AvgIpc) is 3.18. The number of carboxylic acid groups (broad SMARTS) is 1. The second kappa shape index (κ2) is 7.55. The van der Waals surface area contributed by atoms with Gasteiger partial charge in [-0.1, -0.05) is 24.6 Å². The van der Waals surface area contributed by atoms with E-state index >= 15 is 0 Å². The maximum Gasteiger partial charge on any atom is 0.381 e. The summed E-state index contributed by atoms with van der Waals surface area (Å²) >= 11 is 0. The van der Waals surface area contributed by atoms with Crippen LogP contribution in [0.3, 0.4) is 0 Å². The van der Waals surface area contributed by atoms with Crippen LogP contribution in [0, 0.1) is 0 Å². The van der Waals surface area contributed by atoms with E-state index in [4.69, 9.17) is 14.3 Å². The fraction of sp³-hybridized carbons (Fsp3) is 0.308. The molecular formula is C26H25N2O4+. The van der Waals surface area contributed by atoms with Gasteiger partial charge >= 0.3 is 11.9 Å². The fourth-order valence-electron chi connectivity index (χ4n) is 5.16. The number of benzene rings is 2. The Morgan fingerprint density at radius 1 is 1.12 bits per heavy atom. The molecular weight excluding hydrogens is 404 g/mol. The van der Waals surface area contributed by atoms with Gasteiger partial charge in [0.1, 0.15) is 17.4 Å². The lowest BCUT2D eigenvalue weighted by molar-refractivity contribution is -0.683. The highest BCUT2D eigenvalue weighted by Crippen LogP contribution is 2.49. The molecule has 162 valence electrons. The number of carboxylic acids is 1. The first-order valence-electron chi connectivity index (χ1n) is 11.3. The third-order valence-corrected chi connectivity index (χ3v) is 6.63. The number of aliphatic carboxylic acids is 1. The summed E-state index contributed by atoms with van der Waals surface area (Å²) in [6, 6.07) is 14.4.